The molecule has 0 bridgehead atoms. The van der Waals surface area contributed by atoms with E-state index in [1.54, 1.807) is 4.52 Å². The second kappa shape index (κ2) is 6.31. The van der Waals surface area contributed by atoms with Crippen molar-refractivity contribution in [2.24, 2.45) is 0 Å². The molecule has 9 heteroatoms. The maximum atomic E-state index is 14.5. The van der Waals surface area contributed by atoms with Crippen LogP contribution in [0.3, 0.4) is 0 Å². The van der Waals surface area contributed by atoms with Crippen molar-refractivity contribution in [2.45, 2.75) is 6.92 Å². The predicted octanol–water partition coefficient (Wildman–Crippen LogP) is 4.50. The first-order chi connectivity index (χ1) is 13.6. The third kappa shape index (κ3) is 2.59. The van der Waals surface area contributed by atoms with Crippen LogP contribution in [-0.4, -0.2) is 29.8 Å². The summed E-state index contributed by atoms with van der Waals surface area (Å²) >= 11 is 1.31. The van der Waals surface area contributed by atoms with E-state index >= 15 is 0 Å². The molecule has 0 fully saturated rings. The van der Waals surface area contributed by atoms with Crippen molar-refractivity contribution in [1.29, 1.82) is 0 Å². The smallest absolute Gasteiger partial charge is 0.193 e. The van der Waals surface area contributed by atoms with Crippen LogP contribution in [0.15, 0.2) is 48.9 Å². The van der Waals surface area contributed by atoms with Gasteiger partial charge >= 0.3 is 0 Å². The number of halogens is 2. The fourth-order valence-corrected chi connectivity index (χ4v) is 4.27. The maximum Gasteiger partial charge on any atom is 0.193 e. The number of aromatic amines is 1. The number of aromatic nitrogens is 6. The van der Waals surface area contributed by atoms with Crippen LogP contribution >= 0.6 is 11.3 Å². The Kier molecular flexibility index (Phi) is 3.76. The molecule has 0 amide bonds. The number of H-pyrrole nitrogens is 1. The Balaban J connectivity index is 1.80. The van der Waals surface area contributed by atoms with Gasteiger partial charge in [0.1, 0.15) is 27.8 Å². The van der Waals surface area contributed by atoms with E-state index in [0.29, 0.717) is 21.4 Å². The molecule has 0 spiro atoms. The summed E-state index contributed by atoms with van der Waals surface area (Å²) in [4.78, 5) is 9.38. The largest absolute Gasteiger partial charge is 0.265 e. The highest BCUT2D eigenvalue weighted by molar-refractivity contribution is 7.19. The first-order valence-corrected chi connectivity index (χ1v) is 9.20. The molecule has 138 valence electrons. The Bertz CT molecular complexity index is 1310. The molecule has 4 heterocycles. The van der Waals surface area contributed by atoms with Crippen LogP contribution in [0.4, 0.5) is 8.78 Å². The van der Waals surface area contributed by atoms with Crippen LogP contribution in [0.2, 0.25) is 0 Å². The summed E-state index contributed by atoms with van der Waals surface area (Å²) in [6.07, 6.45) is 3.28. The number of aryl methyl sites for hydroxylation is 1. The lowest BCUT2D eigenvalue weighted by molar-refractivity contribution is 0.603. The van der Waals surface area contributed by atoms with Gasteiger partial charge in [0.15, 0.2) is 5.82 Å². The third-order valence-corrected chi connectivity index (χ3v) is 5.43. The van der Waals surface area contributed by atoms with Crippen LogP contribution < -0.4 is 0 Å². The minimum Gasteiger partial charge on any atom is -0.265 e. The Hall–Kier alpha value is -3.46. The lowest BCUT2D eigenvalue weighted by Crippen LogP contribution is -1.90. The van der Waals surface area contributed by atoms with E-state index in [-0.39, 0.29) is 5.56 Å². The average molecular weight is 394 g/mol. The highest BCUT2D eigenvalue weighted by Gasteiger charge is 2.24. The molecule has 1 aromatic carbocycles. The summed E-state index contributed by atoms with van der Waals surface area (Å²) in [5.41, 5.74) is 2.86. The maximum absolute atomic E-state index is 14.5. The van der Waals surface area contributed by atoms with Gasteiger partial charge in [-0.15, -0.1) is 11.3 Å². The van der Waals surface area contributed by atoms with E-state index in [1.165, 1.54) is 17.7 Å². The first-order valence-electron chi connectivity index (χ1n) is 8.38. The fourth-order valence-electron chi connectivity index (χ4n) is 3.14. The molecule has 1 N–H and O–H groups in total. The summed E-state index contributed by atoms with van der Waals surface area (Å²) in [6, 6.07) is 9.04. The minimum atomic E-state index is -0.563. The molecule has 0 aliphatic carbocycles. The van der Waals surface area contributed by atoms with E-state index in [2.05, 4.69) is 25.3 Å². The van der Waals surface area contributed by atoms with E-state index in [9.17, 15) is 8.78 Å². The molecule has 0 aliphatic rings. The van der Waals surface area contributed by atoms with Crippen LogP contribution in [0.25, 0.3) is 38.0 Å². The van der Waals surface area contributed by atoms with E-state index < -0.39 is 11.6 Å². The molecule has 4 aromatic heterocycles. The zero-order valence-electron chi connectivity index (χ0n) is 14.5. The zero-order valence-corrected chi connectivity index (χ0v) is 15.3. The molecule has 0 saturated heterocycles. The lowest BCUT2D eigenvalue weighted by Gasteiger charge is -2.02. The highest BCUT2D eigenvalue weighted by Crippen LogP contribution is 2.42. The molecule has 0 atom stereocenters. The van der Waals surface area contributed by atoms with Crippen molar-refractivity contribution in [3.8, 4) is 32.5 Å². The number of benzene rings is 1. The highest BCUT2D eigenvalue weighted by atomic mass is 32.1. The van der Waals surface area contributed by atoms with Crippen LogP contribution in [0.1, 0.15) is 5.69 Å². The number of hydrogen-bond acceptors (Lipinski definition) is 5. The van der Waals surface area contributed by atoms with Gasteiger partial charge in [-0.25, -0.2) is 23.3 Å². The standard InChI is InChI=1S/C19H12F2N6S/c1-10-15(14-4-2-3-7-27(14)26-10)19-24-16(12-8-11(20)5-6-13(12)21)17(28-19)18-22-9-23-25-18/h2-9H,1H3,(H,22,23,25). The van der Waals surface area contributed by atoms with Crippen molar-refractivity contribution in [3.63, 3.8) is 0 Å². The molecule has 0 saturated carbocycles. The normalized spacial score (nSPS) is 11.4. The molecule has 6 nitrogen and oxygen atoms in total. The molecular weight excluding hydrogens is 382 g/mol. The van der Waals surface area contributed by atoms with Gasteiger partial charge in [-0.1, -0.05) is 6.07 Å². The SMILES string of the molecule is Cc1nn2ccccc2c1-c1nc(-c2cc(F)ccc2F)c(-c2nc[nH]n2)s1. The van der Waals surface area contributed by atoms with Crippen LogP contribution in [0, 0.1) is 18.6 Å². The Morgan fingerprint density at radius 1 is 1.14 bits per heavy atom. The average Bonchev–Trinajstić information content (AvgIpc) is 3.40. The molecule has 0 radical (unpaired) electrons. The van der Waals surface area contributed by atoms with Gasteiger partial charge < -0.3 is 0 Å². The summed E-state index contributed by atoms with van der Waals surface area (Å²) in [5, 5.41) is 11.9. The molecule has 0 aliphatic heterocycles. The van der Waals surface area contributed by atoms with E-state index in [4.69, 9.17) is 0 Å². The molecule has 5 aromatic rings. The van der Waals surface area contributed by atoms with Gasteiger partial charge in [-0.3, -0.25) is 5.10 Å². The van der Waals surface area contributed by atoms with Crippen LogP contribution in [-0.2, 0) is 0 Å². The molecular formula is C19H12F2N6S. The number of fused-ring (bicyclic) bond motifs is 1. The fraction of sp³-hybridized carbons (Fsp3) is 0.0526. The number of hydrogen-bond donors (Lipinski definition) is 1. The molecule has 28 heavy (non-hydrogen) atoms. The second-order valence-corrected chi connectivity index (χ2v) is 7.13. The first kappa shape index (κ1) is 16.7. The van der Waals surface area contributed by atoms with E-state index in [0.717, 1.165) is 35.0 Å². The number of nitrogens with zero attached hydrogens (tertiary/aromatic N) is 5. The predicted molar refractivity (Wildman–Crippen MR) is 102 cm³/mol. The van der Waals surface area contributed by atoms with Crippen molar-refractivity contribution in [2.75, 3.05) is 0 Å². The molecule has 0 unspecified atom stereocenters. The molecule has 5 rings (SSSR count). The van der Waals surface area contributed by atoms with Gasteiger partial charge in [-0.05, 0) is 37.3 Å². The van der Waals surface area contributed by atoms with Crippen LogP contribution in [0.5, 0.6) is 0 Å². The van der Waals surface area contributed by atoms with Gasteiger partial charge in [-0.2, -0.15) is 10.2 Å². The number of rotatable bonds is 3. The van der Waals surface area contributed by atoms with Gasteiger partial charge in [0.2, 0.25) is 0 Å². The summed E-state index contributed by atoms with van der Waals surface area (Å²) < 4.78 is 30.1. The quantitative estimate of drug-likeness (QED) is 0.489. The summed E-state index contributed by atoms with van der Waals surface area (Å²) in [5.74, 6) is -0.734. The number of nitrogens with one attached hydrogen (secondary N) is 1. The minimum absolute atomic E-state index is 0.0661. The van der Waals surface area contributed by atoms with Gasteiger partial charge in [0.25, 0.3) is 0 Å². The Morgan fingerprint density at radius 3 is 2.86 bits per heavy atom. The lowest BCUT2D eigenvalue weighted by atomic mass is 10.1. The van der Waals surface area contributed by atoms with Crippen molar-refractivity contribution >= 4 is 16.9 Å². The summed E-state index contributed by atoms with van der Waals surface area (Å²) in [6.45, 7) is 1.89. The summed E-state index contributed by atoms with van der Waals surface area (Å²) in [7, 11) is 0. The van der Waals surface area contributed by atoms with Crippen molar-refractivity contribution in [1.82, 2.24) is 29.8 Å². The monoisotopic (exact) mass is 394 g/mol. The second-order valence-electron chi connectivity index (χ2n) is 6.13. The van der Waals surface area contributed by atoms with Gasteiger partial charge in [0, 0.05) is 11.8 Å². The zero-order chi connectivity index (χ0) is 19.3. The van der Waals surface area contributed by atoms with Crippen molar-refractivity contribution < 1.29 is 8.78 Å². The van der Waals surface area contributed by atoms with E-state index in [1.807, 2.05) is 31.3 Å². The number of pyridine rings is 1. The van der Waals surface area contributed by atoms with Gasteiger partial charge in [0.05, 0.1) is 22.5 Å². The Morgan fingerprint density at radius 2 is 2.04 bits per heavy atom. The van der Waals surface area contributed by atoms with Crippen molar-refractivity contribution in [3.05, 3.63) is 66.3 Å². The topological polar surface area (TPSA) is 71.8 Å². The number of thiazole rings is 1. The Labute approximate surface area is 161 Å². The third-order valence-electron chi connectivity index (χ3n) is 4.36.